The lowest BCUT2D eigenvalue weighted by molar-refractivity contribution is 0.0970. The highest BCUT2D eigenvalue weighted by Gasteiger charge is 2.31. The number of furan rings is 1. The van der Waals surface area contributed by atoms with Gasteiger partial charge in [-0.3, -0.25) is 0 Å². The molecule has 0 N–H and O–H groups in total. The lowest BCUT2D eigenvalue weighted by atomic mass is 10.3. The highest BCUT2D eigenvalue weighted by atomic mass is 32.2. The summed E-state index contributed by atoms with van der Waals surface area (Å²) in [7, 11) is 0. The molecule has 1 aliphatic rings. The maximum absolute atomic E-state index is 5.69. The molecule has 0 bridgehead atoms. The van der Waals surface area contributed by atoms with Crippen LogP contribution in [0.2, 0.25) is 0 Å². The Morgan fingerprint density at radius 1 is 1.54 bits per heavy atom. The van der Waals surface area contributed by atoms with Crippen LogP contribution < -0.4 is 0 Å². The number of rotatable bonds is 2. The number of hydrogen-bond donors (Lipinski definition) is 0. The number of ether oxygens (including phenoxy) is 1. The van der Waals surface area contributed by atoms with Crippen LogP contribution in [0.3, 0.4) is 0 Å². The SMILES string of the molecule is Cc1occc1SC1(C)CCCO1. The Morgan fingerprint density at radius 2 is 2.38 bits per heavy atom. The van der Waals surface area contributed by atoms with E-state index in [9.17, 15) is 0 Å². The smallest absolute Gasteiger partial charge is 0.115 e. The lowest BCUT2D eigenvalue weighted by Crippen LogP contribution is -2.16. The van der Waals surface area contributed by atoms with Crippen molar-refractivity contribution in [1.29, 1.82) is 0 Å². The summed E-state index contributed by atoms with van der Waals surface area (Å²) in [5.74, 6) is 0.988. The fourth-order valence-electron chi connectivity index (χ4n) is 1.55. The fourth-order valence-corrected chi connectivity index (χ4v) is 2.72. The predicted octanol–water partition coefficient (Wildman–Crippen LogP) is 3.21. The molecule has 72 valence electrons. The minimum atomic E-state index is -0.0331. The van der Waals surface area contributed by atoms with Gasteiger partial charge in [0, 0.05) is 6.61 Å². The quantitative estimate of drug-likeness (QED) is 0.728. The van der Waals surface area contributed by atoms with Crippen LogP contribution in [-0.2, 0) is 4.74 Å². The minimum Gasteiger partial charge on any atom is -0.468 e. The van der Waals surface area contributed by atoms with Crippen LogP contribution in [-0.4, -0.2) is 11.5 Å². The maximum Gasteiger partial charge on any atom is 0.115 e. The van der Waals surface area contributed by atoms with Crippen molar-refractivity contribution in [1.82, 2.24) is 0 Å². The van der Waals surface area contributed by atoms with Gasteiger partial charge in [0.15, 0.2) is 0 Å². The van der Waals surface area contributed by atoms with E-state index in [1.54, 1.807) is 18.0 Å². The van der Waals surface area contributed by atoms with Gasteiger partial charge in [-0.2, -0.15) is 0 Å². The molecule has 0 amide bonds. The number of aryl methyl sites for hydroxylation is 1. The molecule has 0 spiro atoms. The summed E-state index contributed by atoms with van der Waals surface area (Å²) in [5.41, 5.74) is 0. The van der Waals surface area contributed by atoms with E-state index in [1.807, 2.05) is 13.0 Å². The zero-order valence-corrected chi connectivity index (χ0v) is 8.82. The summed E-state index contributed by atoms with van der Waals surface area (Å²) in [4.78, 5) is 1.17. The Labute approximate surface area is 82.6 Å². The van der Waals surface area contributed by atoms with Crippen molar-refractivity contribution in [3.63, 3.8) is 0 Å². The van der Waals surface area contributed by atoms with Gasteiger partial charge in [-0.25, -0.2) is 0 Å². The lowest BCUT2D eigenvalue weighted by Gasteiger charge is -2.21. The Morgan fingerprint density at radius 3 is 2.92 bits per heavy atom. The molecule has 1 fully saturated rings. The van der Waals surface area contributed by atoms with Crippen molar-refractivity contribution in [2.24, 2.45) is 0 Å². The Kier molecular flexibility index (Phi) is 2.39. The Bertz CT molecular complexity index is 287. The van der Waals surface area contributed by atoms with Crippen LogP contribution in [0.25, 0.3) is 0 Å². The van der Waals surface area contributed by atoms with Gasteiger partial charge in [-0.05, 0) is 32.8 Å². The topological polar surface area (TPSA) is 22.4 Å². The molecule has 0 aromatic carbocycles. The molecule has 0 saturated carbocycles. The minimum absolute atomic E-state index is 0.0331. The second-order valence-corrected chi connectivity index (χ2v) is 5.04. The maximum atomic E-state index is 5.69. The van der Waals surface area contributed by atoms with Gasteiger partial charge in [0.1, 0.15) is 10.7 Å². The van der Waals surface area contributed by atoms with Gasteiger partial charge in [0.2, 0.25) is 0 Å². The zero-order valence-electron chi connectivity index (χ0n) is 8.00. The van der Waals surface area contributed by atoms with Crippen LogP contribution in [0.4, 0.5) is 0 Å². The van der Waals surface area contributed by atoms with E-state index < -0.39 is 0 Å². The molecule has 2 nitrogen and oxygen atoms in total. The summed E-state index contributed by atoms with van der Waals surface area (Å²) in [6.07, 6.45) is 4.03. The average molecular weight is 198 g/mol. The molecule has 0 radical (unpaired) electrons. The van der Waals surface area contributed by atoms with E-state index >= 15 is 0 Å². The molecular formula is C10H14O2S. The van der Waals surface area contributed by atoms with Crippen LogP contribution in [0.1, 0.15) is 25.5 Å². The highest BCUT2D eigenvalue weighted by molar-refractivity contribution is 8.00. The summed E-state index contributed by atoms with van der Waals surface area (Å²) in [6.45, 7) is 5.03. The molecule has 1 aliphatic heterocycles. The molecular weight excluding hydrogens is 184 g/mol. The monoisotopic (exact) mass is 198 g/mol. The molecule has 1 atom stereocenters. The molecule has 2 heterocycles. The number of hydrogen-bond acceptors (Lipinski definition) is 3. The van der Waals surface area contributed by atoms with E-state index in [0.29, 0.717) is 0 Å². The van der Waals surface area contributed by atoms with Gasteiger partial charge in [0.05, 0.1) is 11.2 Å². The first-order valence-corrected chi connectivity index (χ1v) is 5.38. The molecule has 1 aromatic rings. The van der Waals surface area contributed by atoms with Crippen molar-refractivity contribution >= 4 is 11.8 Å². The molecule has 13 heavy (non-hydrogen) atoms. The van der Waals surface area contributed by atoms with Gasteiger partial charge in [0.25, 0.3) is 0 Å². The molecule has 1 aromatic heterocycles. The zero-order chi connectivity index (χ0) is 9.31. The van der Waals surface area contributed by atoms with Gasteiger partial charge in [-0.1, -0.05) is 11.8 Å². The predicted molar refractivity (Wildman–Crippen MR) is 52.9 cm³/mol. The Balaban J connectivity index is 2.09. The van der Waals surface area contributed by atoms with Crippen molar-refractivity contribution in [2.75, 3.05) is 6.61 Å². The summed E-state index contributed by atoms with van der Waals surface area (Å²) >= 11 is 1.77. The summed E-state index contributed by atoms with van der Waals surface area (Å²) in [6, 6.07) is 2.01. The van der Waals surface area contributed by atoms with Crippen molar-refractivity contribution < 1.29 is 9.15 Å². The first kappa shape index (κ1) is 9.16. The summed E-state index contributed by atoms with van der Waals surface area (Å²) in [5, 5.41) is 0. The first-order chi connectivity index (χ1) is 6.20. The van der Waals surface area contributed by atoms with Gasteiger partial charge in [-0.15, -0.1) is 0 Å². The van der Waals surface area contributed by atoms with Crippen molar-refractivity contribution in [2.45, 2.75) is 36.5 Å². The van der Waals surface area contributed by atoms with E-state index in [1.165, 1.54) is 11.3 Å². The molecule has 3 heteroatoms. The third-order valence-electron chi connectivity index (χ3n) is 2.32. The highest BCUT2D eigenvalue weighted by Crippen LogP contribution is 2.42. The molecule has 1 saturated heterocycles. The third-order valence-corrected chi connectivity index (χ3v) is 3.72. The largest absolute Gasteiger partial charge is 0.468 e. The second-order valence-electron chi connectivity index (χ2n) is 3.53. The third kappa shape index (κ3) is 1.92. The Hall–Kier alpha value is -0.410. The molecule has 0 aliphatic carbocycles. The standard InChI is InChI=1S/C10H14O2S/c1-8-9(4-7-11-8)13-10(2)5-3-6-12-10/h4,7H,3,5-6H2,1-2H3. The summed E-state index contributed by atoms with van der Waals surface area (Å²) < 4.78 is 10.9. The first-order valence-electron chi connectivity index (χ1n) is 4.57. The normalized spacial score (nSPS) is 28.2. The van der Waals surface area contributed by atoms with E-state index in [4.69, 9.17) is 9.15 Å². The van der Waals surface area contributed by atoms with E-state index in [2.05, 4.69) is 6.92 Å². The van der Waals surface area contributed by atoms with Crippen LogP contribution in [0.5, 0.6) is 0 Å². The second kappa shape index (κ2) is 3.39. The van der Waals surface area contributed by atoms with E-state index in [-0.39, 0.29) is 4.93 Å². The van der Waals surface area contributed by atoms with Crippen LogP contribution >= 0.6 is 11.8 Å². The van der Waals surface area contributed by atoms with Gasteiger partial charge >= 0.3 is 0 Å². The van der Waals surface area contributed by atoms with Crippen molar-refractivity contribution in [3.8, 4) is 0 Å². The van der Waals surface area contributed by atoms with Crippen LogP contribution in [0, 0.1) is 6.92 Å². The fraction of sp³-hybridized carbons (Fsp3) is 0.600. The van der Waals surface area contributed by atoms with Crippen molar-refractivity contribution in [3.05, 3.63) is 18.1 Å². The van der Waals surface area contributed by atoms with E-state index in [0.717, 1.165) is 18.8 Å². The number of thioether (sulfide) groups is 1. The van der Waals surface area contributed by atoms with Gasteiger partial charge < -0.3 is 9.15 Å². The molecule has 1 unspecified atom stereocenters. The molecule has 2 rings (SSSR count). The van der Waals surface area contributed by atoms with Crippen LogP contribution in [0.15, 0.2) is 21.6 Å². The average Bonchev–Trinajstić information content (AvgIpc) is 2.64.